The molecule has 0 aromatic carbocycles. The third-order valence-electron chi connectivity index (χ3n) is 6.75. The molecule has 178 valence electrons. The van der Waals surface area contributed by atoms with Gasteiger partial charge in [0.25, 0.3) is 0 Å². The number of hydrogen-bond acceptors (Lipinski definition) is 8. The lowest BCUT2D eigenvalue weighted by molar-refractivity contribution is 0.116. The second-order valence-electron chi connectivity index (χ2n) is 9.06. The number of rotatable bonds is 5. The minimum Gasteiger partial charge on any atom is -0.479 e. The third-order valence-corrected chi connectivity index (χ3v) is 6.75. The summed E-state index contributed by atoms with van der Waals surface area (Å²) in [6, 6.07) is 1.45. The topological polar surface area (TPSA) is 70.9 Å². The Morgan fingerprint density at radius 1 is 1.21 bits per heavy atom. The molecule has 3 aliphatic heterocycles. The van der Waals surface area contributed by atoms with Crippen molar-refractivity contribution in [1.82, 2.24) is 35.2 Å². The Labute approximate surface area is 193 Å². The van der Waals surface area contributed by atoms with Crippen LogP contribution in [0.15, 0.2) is 18.5 Å². The van der Waals surface area contributed by atoms with Crippen LogP contribution < -0.4 is 10.3 Å². The minimum atomic E-state index is -0.494. The fourth-order valence-electron chi connectivity index (χ4n) is 4.89. The summed E-state index contributed by atoms with van der Waals surface area (Å²) < 4.78 is 27.1. The predicted molar refractivity (Wildman–Crippen MR) is 122 cm³/mol. The highest BCUT2D eigenvalue weighted by atomic mass is 19.1. The number of nitrogens with one attached hydrogen (secondary N) is 1. The van der Waals surface area contributed by atoms with Gasteiger partial charge in [0.1, 0.15) is 0 Å². The van der Waals surface area contributed by atoms with E-state index in [1.807, 2.05) is 16.7 Å². The lowest BCUT2D eigenvalue weighted by atomic mass is 9.97. The lowest BCUT2D eigenvalue weighted by Crippen LogP contribution is -2.42. The molecule has 33 heavy (non-hydrogen) atoms. The molecular weight excluding hydrogens is 425 g/mol. The van der Waals surface area contributed by atoms with Crippen molar-refractivity contribution in [3.05, 3.63) is 35.5 Å². The zero-order valence-corrected chi connectivity index (χ0v) is 19.6. The number of likely N-dealkylation sites (tertiary alicyclic amines) is 1. The van der Waals surface area contributed by atoms with E-state index in [4.69, 9.17) is 14.6 Å². The highest BCUT2D eigenvalue weighted by Crippen LogP contribution is 2.32. The maximum atomic E-state index is 14.4. The van der Waals surface area contributed by atoms with Gasteiger partial charge in [0.2, 0.25) is 5.88 Å². The highest BCUT2D eigenvalue weighted by Gasteiger charge is 2.29. The number of halogens is 1. The van der Waals surface area contributed by atoms with Gasteiger partial charge in [0, 0.05) is 37.3 Å². The fraction of sp³-hybridized carbons (Fsp3) is 0.565. The van der Waals surface area contributed by atoms with E-state index < -0.39 is 5.82 Å². The zero-order chi connectivity index (χ0) is 22.9. The maximum absolute atomic E-state index is 14.4. The Hall–Kier alpha value is -2.69. The second kappa shape index (κ2) is 9.28. The summed E-state index contributed by atoms with van der Waals surface area (Å²) in [6.07, 6.45) is 7.62. The standard InChI is InChI=1S/C23H32FN7O2/c1-28-8-4-16(5-9-28)14-30-15-21(29(2)27-30)31-20-7-11-33-10-6-18(20)22(26-31)17-12-19(24)23(32-3)25-13-17/h12-13,15-16,27H,4-11,14H2,1-3H3. The molecule has 3 aliphatic rings. The van der Waals surface area contributed by atoms with Crippen LogP contribution in [0.3, 0.4) is 0 Å². The number of fused-ring (bicyclic) bond motifs is 1. The van der Waals surface area contributed by atoms with E-state index in [9.17, 15) is 4.39 Å². The van der Waals surface area contributed by atoms with E-state index in [1.54, 1.807) is 6.20 Å². The number of piperidine rings is 1. The summed E-state index contributed by atoms with van der Waals surface area (Å²) in [7, 11) is 5.59. The van der Waals surface area contributed by atoms with Gasteiger partial charge >= 0.3 is 0 Å². The molecule has 0 aliphatic carbocycles. The van der Waals surface area contributed by atoms with Crippen LogP contribution in [-0.4, -0.2) is 83.7 Å². The van der Waals surface area contributed by atoms with Gasteiger partial charge in [-0.05, 0) is 51.4 Å². The summed E-state index contributed by atoms with van der Waals surface area (Å²) in [5.74, 6) is 1.09. The summed E-state index contributed by atoms with van der Waals surface area (Å²) in [5, 5.41) is 9.10. The summed E-state index contributed by atoms with van der Waals surface area (Å²) in [5.41, 5.74) is 7.00. The molecule has 1 fully saturated rings. The van der Waals surface area contributed by atoms with E-state index in [-0.39, 0.29) is 5.88 Å². The molecule has 9 nitrogen and oxygen atoms in total. The molecule has 5 rings (SSSR count). The van der Waals surface area contributed by atoms with Crippen LogP contribution >= 0.6 is 0 Å². The van der Waals surface area contributed by atoms with Gasteiger partial charge in [0.05, 0.1) is 37.9 Å². The quantitative estimate of drug-likeness (QED) is 0.731. The molecule has 1 saturated heterocycles. The molecule has 2 aromatic heterocycles. The average molecular weight is 458 g/mol. The van der Waals surface area contributed by atoms with Crippen molar-refractivity contribution in [3.8, 4) is 17.1 Å². The fourth-order valence-corrected chi connectivity index (χ4v) is 4.89. The average Bonchev–Trinajstić information content (AvgIpc) is 3.24. The van der Waals surface area contributed by atoms with E-state index >= 15 is 0 Å². The number of pyridine rings is 1. The van der Waals surface area contributed by atoms with Gasteiger partial charge in [0.15, 0.2) is 11.6 Å². The Morgan fingerprint density at radius 3 is 2.76 bits per heavy atom. The molecule has 0 amide bonds. The molecule has 0 radical (unpaired) electrons. The summed E-state index contributed by atoms with van der Waals surface area (Å²) >= 11 is 0. The van der Waals surface area contributed by atoms with Crippen molar-refractivity contribution in [2.45, 2.75) is 25.7 Å². The van der Waals surface area contributed by atoms with Gasteiger partial charge in [-0.2, -0.15) is 5.10 Å². The molecule has 5 heterocycles. The Bertz CT molecular complexity index is 1030. The molecule has 0 unspecified atom stereocenters. The normalized spacial score (nSPS) is 20.1. The van der Waals surface area contributed by atoms with Gasteiger partial charge in [-0.3, -0.25) is 10.0 Å². The molecule has 10 heteroatoms. The molecule has 0 atom stereocenters. The largest absolute Gasteiger partial charge is 0.479 e. The second-order valence-corrected chi connectivity index (χ2v) is 9.06. The van der Waals surface area contributed by atoms with Crippen LogP contribution in [0.25, 0.3) is 17.1 Å². The van der Waals surface area contributed by atoms with E-state index in [1.165, 1.54) is 26.0 Å². The van der Waals surface area contributed by atoms with Crippen molar-refractivity contribution in [3.63, 3.8) is 0 Å². The number of hydrogen-bond donors (Lipinski definition) is 1. The zero-order valence-electron chi connectivity index (χ0n) is 19.6. The van der Waals surface area contributed by atoms with Crippen LogP contribution in [0.2, 0.25) is 0 Å². The van der Waals surface area contributed by atoms with Gasteiger partial charge in [-0.1, -0.05) is 0 Å². The lowest BCUT2D eigenvalue weighted by Gasteiger charge is -2.31. The summed E-state index contributed by atoms with van der Waals surface area (Å²) in [4.78, 5) is 6.51. The highest BCUT2D eigenvalue weighted by molar-refractivity contribution is 5.66. The smallest absolute Gasteiger partial charge is 0.250 e. The Morgan fingerprint density at radius 2 is 2.00 bits per heavy atom. The van der Waals surface area contributed by atoms with E-state index in [0.29, 0.717) is 24.7 Å². The van der Waals surface area contributed by atoms with Gasteiger partial charge in [-0.15, -0.1) is 5.53 Å². The first-order chi connectivity index (χ1) is 16.0. The van der Waals surface area contributed by atoms with Crippen molar-refractivity contribution < 1.29 is 13.9 Å². The molecular formula is C23H32FN7O2. The number of ether oxygens (including phenoxy) is 2. The number of hydrazine groups is 2. The number of aromatic nitrogens is 3. The van der Waals surface area contributed by atoms with Crippen molar-refractivity contribution in [2.75, 3.05) is 54.1 Å². The molecule has 0 bridgehead atoms. The van der Waals surface area contributed by atoms with Gasteiger partial charge < -0.3 is 14.4 Å². The summed E-state index contributed by atoms with van der Waals surface area (Å²) in [6.45, 7) is 4.50. The van der Waals surface area contributed by atoms with Gasteiger partial charge in [-0.25, -0.2) is 14.1 Å². The monoisotopic (exact) mass is 457 g/mol. The van der Waals surface area contributed by atoms with E-state index in [2.05, 4.69) is 33.7 Å². The number of methoxy groups -OCH3 is 1. The first-order valence-corrected chi connectivity index (χ1v) is 11.6. The number of nitrogens with zero attached hydrogens (tertiary/aromatic N) is 6. The van der Waals surface area contributed by atoms with Crippen molar-refractivity contribution >= 4 is 5.82 Å². The predicted octanol–water partition coefficient (Wildman–Crippen LogP) is 1.97. The SMILES string of the molecule is COc1ncc(-c2nn(C3=CN(CC4CCN(C)CC4)NN3C)c3c2CCOCC3)cc1F. The molecule has 0 saturated carbocycles. The van der Waals surface area contributed by atoms with Crippen molar-refractivity contribution in [2.24, 2.45) is 5.92 Å². The van der Waals surface area contributed by atoms with E-state index in [0.717, 1.165) is 55.2 Å². The minimum absolute atomic E-state index is 0.0143. The first kappa shape index (κ1) is 22.1. The Balaban J connectivity index is 1.47. The third kappa shape index (κ3) is 4.42. The molecule has 0 spiro atoms. The van der Waals surface area contributed by atoms with Crippen LogP contribution in [0.1, 0.15) is 24.1 Å². The van der Waals surface area contributed by atoms with Crippen LogP contribution in [-0.2, 0) is 17.6 Å². The maximum Gasteiger partial charge on any atom is 0.250 e. The van der Waals surface area contributed by atoms with Crippen LogP contribution in [0, 0.1) is 11.7 Å². The molecule has 2 aromatic rings. The van der Waals surface area contributed by atoms with Crippen LogP contribution in [0.4, 0.5) is 4.39 Å². The first-order valence-electron chi connectivity index (χ1n) is 11.6. The van der Waals surface area contributed by atoms with Crippen LogP contribution in [0.5, 0.6) is 5.88 Å². The Kier molecular flexibility index (Phi) is 6.22. The molecule has 1 N–H and O–H groups in total. The van der Waals surface area contributed by atoms with Crippen molar-refractivity contribution in [1.29, 1.82) is 0 Å².